The Balaban J connectivity index is 3.39. The lowest BCUT2D eigenvalue weighted by Crippen LogP contribution is -2.40. The maximum Gasteiger partial charge on any atom is 0.328 e. The van der Waals surface area contributed by atoms with Gasteiger partial charge in [0.1, 0.15) is 0 Å². The van der Waals surface area contributed by atoms with E-state index < -0.39 is 11.2 Å². The van der Waals surface area contributed by atoms with Gasteiger partial charge in [0, 0.05) is 12.7 Å². The molecule has 0 amide bonds. The second-order valence-corrected chi connectivity index (χ2v) is 5.02. The topological polar surface area (TPSA) is 71.9 Å². The summed E-state index contributed by atoms with van der Waals surface area (Å²) in [4.78, 5) is 36.9. The van der Waals surface area contributed by atoms with Gasteiger partial charge in [-0.25, -0.2) is 4.79 Å². The van der Waals surface area contributed by atoms with E-state index in [9.17, 15) is 14.4 Å². The van der Waals surface area contributed by atoms with E-state index in [0.717, 1.165) is 4.57 Å². The quantitative estimate of drug-likeness (QED) is 0.755. The van der Waals surface area contributed by atoms with Crippen LogP contribution >= 0.6 is 0 Å². The number of aromatic nitrogens is 2. The Morgan fingerprint density at radius 3 is 2.38 bits per heavy atom. The van der Waals surface area contributed by atoms with Gasteiger partial charge in [0.15, 0.2) is 5.78 Å². The van der Waals surface area contributed by atoms with E-state index >= 15 is 0 Å². The van der Waals surface area contributed by atoms with Crippen LogP contribution in [-0.4, -0.2) is 15.3 Å². The number of hydrogen-bond donors (Lipinski definition) is 1. The molecule has 0 aromatic carbocycles. The zero-order valence-corrected chi connectivity index (χ0v) is 9.96. The molecule has 1 N–H and O–H groups in total. The van der Waals surface area contributed by atoms with E-state index in [-0.39, 0.29) is 23.3 Å². The summed E-state index contributed by atoms with van der Waals surface area (Å²) in [7, 11) is 0. The van der Waals surface area contributed by atoms with E-state index in [4.69, 9.17) is 0 Å². The van der Waals surface area contributed by atoms with Gasteiger partial charge in [-0.15, -0.1) is 0 Å². The van der Waals surface area contributed by atoms with Crippen LogP contribution in [0.25, 0.3) is 0 Å². The molecule has 0 unspecified atom stereocenters. The van der Waals surface area contributed by atoms with Crippen LogP contribution in [0.2, 0.25) is 0 Å². The fourth-order valence-corrected chi connectivity index (χ4v) is 1.38. The van der Waals surface area contributed by atoms with E-state index in [0.29, 0.717) is 0 Å². The number of nitrogens with zero attached hydrogens (tertiary/aromatic N) is 1. The summed E-state index contributed by atoms with van der Waals surface area (Å²) in [6, 6.07) is 0. The SMILES string of the molecule is CC(=O)c1c[nH]c(=O)n(CC(C)(C)C)c1=O. The highest BCUT2D eigenvalue weighted by molar-refractivity contribution is 5.93. The predicted octanol–water partition coefficient (Wildman–Crippen LogP) is 0.785. The van der Waals surface area contributed by atoms with Crippen molar-refractivity contribution in [2.75, 3.05) is 0 Å². The molecule has 5 heteroatoms. The second-order valence-electron chi connectivity index (χ2n) is 5.02. The summed E-state index contributed by atoms with van der Waals surface area (Å²) in [5.41, 5.74) is -1.19. The zero-order chi connectivity index (χ0) is 12.5. The molecule has 0 fully saturated rings. The molecule has 0 radical (unpaired) electrons. The third kappa shape index (κ3) is 2.68. The first kappa shape index (κ1) is 12.4. The van der Waals surface area contributed by atoms with E-state index in [1.807, 2.05) is 20.8 Å². The highest BCUT2D eigenvalue weighted by Crippen LogP contribution is 2.13. The summed E-state index contributed by atoms with van der Waals surface area (Å²) in [5, 5.41) is 0. The van der Waals surface area contributed by atoms with Crippen LogP contribution in [0.5, 0.6) is 0 Å². The lowest BCUT2D eigenvalue weighted by Gasteiger charge is -2.18. The summed E-state index contributed by atoms with van der Waals surface area (Å²) in [6.07, 6.45) is 1.17. The van der Waals surface area contributed by atoms with E-state index in [2.05, 4.69) is 4.98 Å². The van der Waals surface area contributed by atoms with Crippen LogP contribution < -0.4 is 11.2 Å². The first-order valence-electron chi connectivity index (χ1n) is 5.06. The van der Waals surface area contributed by atoms with Gasteiger partial charge in [0.25, 0.3) is 5.56 Å². The second kappa shape index (κ2) is 4.08. The molecule has 1 heterocycles. The van der Waals surface area contributed by atoms with Crippen molar-refractivity contribution >= 4 is 5.78 Å². The van der Waals surface area contributed by atoms with Crippen LogP contribution in [0, 0.1) is 5.41 Å². The van der Waals surface area contributed by atoms with Crippen LogP contribution in [0.3, 0.4) is 0 Å². The van der Waals surface area contributed by atoms with Gasteiger partial charge >= 0.3 is 5.69 Å². The third-order valence-corrected chi connectivity index (χ3v) is 2.07. The van der Waals surface area contributed by atoms with Gasteiger partial charge < -0.3 is 4.98 Å². The highest BCUT2D eigenvalue weighted by Gasteiger charge is 2.17. The van der Waals surface area contributed by atoms with Gasteiger partial charge in [0.05, 0.1) is 5.56 Å². The molecule has 0 saturated heterocycles. The molecule has 0 aliphatic rings. The zero-order valence-electron chi connectivity index (χ0n) is 9.96. The molecular weight excluding hydrogens is 208 g/mol. The Morgan fingerprint density at radius 1 is 1.38 bits per heavy atom. The number of carbonyl (C=O) groups is 1. The van der Waals surface area contributed by atoms with E-state index in [1.165, 1.54) is 13.1 Å². The van der Waals surface area contributed by atoms with Crippen molar-refractivity contribution < 1.29 is 4.79 Å². The molecule has 0 bridgehead atoms. The lowest BCUT2D eigenvalue weighted by molar-refractivity contribution is 0.101. The Labute approximate surface area is 93.1 Å². The molecule has 1 aromatic heterocycles. The smallest absolute Gasteiger partial charge is 0.313 e. The van der Waals surface area contributed by atoms with Crippen LogP contribution in [0.15, 0.2) is 15.8 Å². The van der Waals surface area contributed by atoms with Gasteiger partial charge in [-0.05, 0) is 12.3 Å². The monoisotopic (exact) mass is 224 g/mol. The molecule has 0 aliphatic carbocycles. The number of H-pyrrole nitrogens is 1. The Kier molecular flexibility index (Phi) is 3.16. The van der Waals surface area contributed by atoms with Crippen LogP contribution in [0.1, 0.15) is 38.1 Å². The van der Waals surface area contributed by atoms with Crippen molar-refractivity contribution in [3.05, 3.63) is 32.6 Å². The fourth-order valence-electron chi connectivity index (χ4n) is 1.38. The van der Waals surface area contributed by atoms with Gasteiger partial charge in [-0.1, -0.05) is 20.8 Å². The fraction of sp³-hybridized carbons (Fsp3) is 0.545. The maximum absolute atomic E-state index is 11.8. The van der Waals surface area contributed by atoms with Gasteiger partial charge in [-0.3, -0.25) is 14.2 Å². The number of Topliss-reactive ketones (excluding diaryl/α,β-unsaturated/α-hetero) is 1. The Morgan fingerprint density at radius 2 is 1.94 bits per heavy atom. The van der Waals surface area contributed by atoms with Crippen LogP contribution in [-0.2, 0) is 6.54 Å². The van der Waals surface area contributed by atoms with Crippen molar-refractivity contribution in [2.45, 2.75) is 34.2 Å². The lowest BCUT2D eigenvalue weighted by atomic mass is 9.97. The largest absolute Gasteiger partial charge is 0.328 e. The number of nitrogens with one attached hydrogen (secondary N) is 1. The minimum absolute atomic E-state index is 0.0175. The summed E-state index contributed by atoms with van der Waals surface area (Å²) in [6.45, 7) is 7.33. The van der Waals surface area contributed by atoms with Gasteiger partial charge in [0.2, 0.25) is 0 Å². The molecular formula is C11H16N2O3. The molecule has 16 heavy (non-hydrogen) atoms. The Bertz CT molecular complexity index is 517. The maximum atomic E-state index is 11.8. The molecule has 0 aliphatic heterocycles. The molecule has 0 spiro atoms. The van der Waals surface area contributed by atoms with Crippen molar-refractivity contribution in [3.8, 4) is 0 Å². The molecule has 1 aromatic rings. The Hall–Kier alpha value is -1.65. The summed E-state index contributed by atoms with van der Waals surface area (Å²) in [5.74, 6) is -0.344. The third-order valence-electron chi connectivity index (χ3n) is 2.07. The number of hydrogen-bond acceptors (Lipinski definition) is 3. The predicted molar refractivity (Wildman–Crippen MR) is 60.8 cm³/mol. The average molecular weight is 224 g/mol. The number of aromatic amines is 1. The molecule has 0 atom stereocenters. The summed E-state index contributed by atoms with van der Waals surface area (Å²) >= 11 is 0. The van der Waals surface area contributed by atoms with Crippen molar-refractivity contribution in [1.29, 1.82) is 0 Å². The highest BCUT2D eigenvalue weighted by atomic mass is 16.2. The standard InChI is InChI=1S/C11H16N2O3/c1-7(14)8-5-12-10(16)13(9(8)15)6-11(2,3)4/h5H,6H2,1-4H3,(H,12,16). The number of ketones is 1. The average Bonchev–Trinajstić information content (AvgIpc) is 2.10. The first-order chi connectivity index (χ1) is 7.22. The van der Waals surface area contributed by atoms with Gasteiger partial charge in [-0.2, -0.15) is 0 Å². The normalized spacial score (nSPS) is 11.5. The molecule has 88 valence electrons. The van der Waals surface area contributed by atoms with Crippen molar-refractivity contribution in [2.24, 2.45) is 5.41 Å². The molecule has 0 saturated carbocycles. The van der Waals surface area contributed by atoms with Crippen molar-refractivity contribution in [3.63, 3.8) is 0 Å². The van der Waals surface area contributed by atoms with Crippen molar-refractivity contribution in [1.82, 2.24) is 9.55 Å². The minimum Gasteiger partial charge on any atom is -0.313 e. The van der Waals surface area contributed by atoms with E-state index in [1.54, 1.807) is 0 Å². The molecule has 5 nitrogen and oxygen atoms in total. The number of rotatable bonds is 2. The van der Waals surface area contributed by atoms with Crippen LogP contribution in [0.4, 0.5) is 0 Å². The summed E-state index contributed by atoms with van der Waals surface area (Å²) < 4.78 is 1.07. The molecule has 1 rings (SSSR count). The first-order valence-corrected chi connectivity index (χ1v) is 5.06. The number of carbonyl (C=O) groups excluding carboxylic acids is 1. The minimum atomic E-state index is -0.522.